The Morgan fingerprint density at radius 2 is 1.39 bits per heavy atom. The van der Waals surface area contributed by atoms with Gasteiger partial charge >= 0.3 is 0 Å². The molecule has 0 rings (SSSR count). The number of hydrogen-bond donors (Lipinski definition) is 0. The molecule has 0 atom stereocenters. The Labute approximate surface area is 113 Å². The molecular weight excluding hydrogens is 220 g/mol. The van der Waals surface area contributed by atoms with Crippen LogP contribution >= 0.6 is 0 Å². The number of rotatable bonds is 5. The third-order valence-electron chi connectivity index (χ3n) is 1.74. The number of hydrogen-bond acceptors (Lipinski definition) is 1. The Morgan fingerprint density at radius 1 is 0.944 bits per heavy atom. The van der Waals surface area contributed by atoms with Crippen LogP contribution in [0.3, 0.4) is 0 Å². The molecule has 0 amide bonds. The second kappa shape index (κ2) is 17.5. The van der Waals surface area contributed by atoms with E-state index in [1.165, 1.54) is 0 Å². The first-order chi connectivity index (χ1) is 8.71. The SMILES string of the molecule is C=C.C=C/C(=C\C)C(=O)/C(C=C)=C/C=C/C.CC. The van der Waals surface area contributed by atoms with Crippen molar-refractivity contribution in [2.24, 2.45) is 0 Å². The first-order valence-electron chi connectivity index (χ1n) is 6.00. The van der Waals surface area contributed by atoms with Crippen LogP contribution in [0, 0.1) is 0 Å². The van der Waals surface area contributed by atoms with Gasteiger partial charge in [0.2, 0.25) is 0 Å². The van der Waals surface area contributed by atoms with Crippen molar-refractivity contribution in [3.63, 3.8) is 0 Å². The summed E-state index contributed by atoms with van der Waals surface area (Å²) in [6.07, 6.45) is 10.3. The molecular formula is C17H26O. The quantitative estimate of drug-likeness (QED) is 0.370. The molecule has 100 valence electrons. The minimum atomic E-state index is -0.0457. The summed E-state index contributed by atoms with van der Waals surface area (Å²) in [5.41, 5.74) is 1.18. The fourth-order valence-corrected chi connectivity index (χ4v) is 0.945. The number of Topliss-reactive ketones (excluding diaryl/α,β-unsaturated/α-hetero) is 1. The molecule has 0 aliphatic rings. The second-order valence-corrected chi connectivity index (χ2v) is 2.63. The summed E-state index contributed by atoms with van der Waals surface area (Å²) in [7, 11) is 0. The van der Waals surface area contributed by atoms with Gasteiger partial charge in [0, 0.05) is 11.1 Å². The van der Waals surface area contributed by atoms with E-state index in [9.17, 15) is 4.79 Å². The number of carbonyl (C=O) groups is 1. The van der Waals surface area contributed by atoms with Crippen LogP contribution in [0.2, 0.25) is 0 Å². The highest BCUT2D eigenvalue weighted by Crippen LogP contribution is 2.08. The van der Waals surface area contributed by atoms with E-state index in [1.54, 1.807) is 24.3 Å². The molecule has 0 fully saturated rings. The van der Waals surface area contributed by atoms with Gasteiger partial charge < -0.3 is 0 Å². The molecule has 0 aliphatic heterocycles. The summed E-state index contributed by atoms with van der Waals surface area (Å²) < 4.78 is 0. The van der Waals surface area contributed by atoms with E-state index >= 15 is 0 Å². The third-order valence-corrected chi connectivity index (χ3v) is 1.74. The standard InChI is InChI=1S/C13H16O.C2H6.C2H4/c1-5-9-10-12(8-4)13(14)11(6-2)7-3;2*1-2/h5-10H,2,4H2,1,3H3;1-2H3;1-2H2/b9-5+,11-7+,12-10+;;. The van der Waals surface area contributed by atoms with E-state index in [1.807, 2.05) is 39.8 Å². The van der Waals surface area contributed by atoms with Crippen molar-refractivity contribution < 1.29 is 4.79 Å². The Morgan fingerprint density at radius 3 is 1.67 bits per heavy atom. The van der Waals surface area contributed by atoms with Crippen LogP contribution in [-0.4, -0.2) is 5.78 Å². The molecule has 1 heteroatoms. The minimum Gasteiger partial charge on any atom is -0.289 e. The van der Waals surface area contributed by atoms with Crippen LogP contribution in [0.5, 0.6) is 0 Å². The van der Waals surface area contributed by atoms with Gasteiger partial charge in [-0.1, -0.05) is 63.5 Å². The highest BCUT2D eigenvalue weighted by molar-refractivity contribution is 6.11. The van der Waals surface area contributed by atoms with Gasteiger partial charge in [0.25, 0.3) is 0 Å². The molecule has 0 N–H and O–H groups in total. The van der Waals surface area contributed by atoms with Crippen LogP contribution in [0.4, 0.5) is 0 Å². The summed E-state index contributed by atoms with van der Waals surface area (Å²) >= 11 is 0. The zero-order valence-corrected chi connectivity index (χ0v) is 12.2. The summed E-state index contributed by atoms with van der Waals surface area (Å²) in [5.74, 6) is -0.0457. The van der Waals surface area contributed by atoms with E-state index in [0.717, 1.165) is 0 Å². The lowest BCUT2D eigenvalue weighted by molar-refractivity contribution is -0.111. The lowest BCUT2D eigenvalue weighted by Crippen LogP contribution is -2.02. The van der Waals surface area contributed by atoms with E-state index in [-0.39, 0.29) is 5.78 Å². The van der Waals surface area contributed by atoms with Crippen LogP contribution in [0.15, 0.2) is 73.9 Å². The first kappa shape index (κ1) is 21.4. The Hall–Kier alpha value is -1.89. The van der Waals surface area contributed by atoms with Gasteiger partial charge in [-0.25, -0.2) is 0 Å². The molecule has 0 heterocycles. The largest absolute Gasteiger partial charge is 0.289 e. The molecule has 0 aromatic carbocycles. The van der Waals surface area contributed by atoms with Gasteiger partial charge in [0.1, 0.15) is 0 Å². The van der Waals surface area contributed by atoms with Gasteiger partial charge in [-0.15, -0.1) is 13.2 Å². The van der Waals surface area contributed by atoms with Gasteiger partial charge in [-0.3, -0.25) is 4.79 Å². The van der Waals surface area contributed by atoms with E-state index in [4.69, 9.17) is 0 Å². The lowest BCUT2D eigenvalue weighted by atomic mass is 10.0. The minimum absolute atomic E-state index is 0.0457. The van der Waals surface area contributed by atoms with Crippen molar-refractivity contribution in [3.8, 4) is 0 Å². The van der Waals surface area contributed by atoms with Crippen LogP contribution in [-0.2, 0) is 4.79 Å². The van der Waals surface area contributed by atoms with Crippen molar-refractivity contribution in [2.45, 2.75) is 27.7 Å². The predicted octanol–water partition coefficient (Wildman–Crippen LogP) is 5.20. The highest BCUT2D eigenvalue weighted by Gasteiger charge is 2.07. The topological polar surface area (TPSA) is 17.1 Å². The van der Waals surface area contributed by atoms with Crippen molar-refractivity contribution >= 4 is 5.78 Å². The van der Waals surface area contributed by atoms with Crippen LogP contribution < -0.4 is 0 Å². The van der Waals surface area contributed by atoms with E-state index in [2.05, 4.69) is 26.3 Å². The average Bonchev–Trinajstić information content (AvgIpc) is 2.45. The first-order valence-corrected chi connectivity index (χ1v) is 6.00. The number of ketones is 1. The zero-order chi connectivity index (χ0) is 15.0. The van der Waals surface area contributed by atoms with Crippen molar-refractivity contribution in [1.82, 2.24) is 0 Å². The number of carbonyl (C=O) groups excluding carboxylic acids is 1. The van der Waals surface area contributed by atoms with Crippen LogP contribution in [0.1, 0.15) is 27.7 Å². The Balaban J connectivity index is -0.000000506. The zero-order valence-electron chi connectivity index (χ0n) is 12.2. The summed E-state index contributed by atoms with van der Waals surface area (Å²) in [5, 5.41) is 0. The molecule has 0 aromatic heterocycles. The Kier molecular flexibility index (Phi) is 20.8. The molecule has 0 unspecified atom stereocenters. The van der Waals surface area contributed by atoms with Crippen LogP contribution in [0.25, 0.3) is 0 Å². The molecule has 1 nitrogen and oxygen atoms in total. The average molecular weight is 246 g/mol. The summed E-state index contributed by atoms with van der Waals surface area (Å²) in [6, 6.07) is 0. The van der Waals surface area contributed by atoms with Gasteiger partial charge in [-0.2, -0.15) is 0 Å². The van der Waals surface area contributed by atoms with Gasteiger partial charge in [0.15, 0.2) is 5.78 Å². The maximum Gasteiger partial charge on any atom is 0.192 e. The van der Waals surface area contributed by atoms with Crippen molar-refractivity contribution in [1.29, 1.82) is 0 Å². The van der Waals surface area contributed by atoms with Gasteiger partial charge in [0.05, 0.1) is 0 Å². The van der Waals surface area contributed by atoms with Gasteiger partial charge in [-0.05, 0) is 13.8 Å². The number of allylic oxidation sites excluding steroid dienone is 8. The highest BCUT2D eigenvalue weighted by atomic mass is 16.1. The molecule has 0 aromatic rings. The molecule has 0 bridgehead atoms. The van der Waals surface area contributed by atoms with Crippen molar-refractivity contribution in [3.05, 3.63) is 73.9 Å². The second-order valence-electron chi connectivity index (χ2n) is 2.63. The normalized spacial score (nSPS) is 10.7. The molecule has 0 radical (unpaired) electrons. The molecule has 0 saturated heterocycles. The molecule has 0 aliphatic carbocycles. The molecule has 18 heavy (non-hydrogen) atoms. The maximum absolute atomic E-state index is 11.7. The smallest absolute Gasteiger partial charge is 0.192 e. The van der Waals surface area contributed by atoms with E-state index < -0.39 is 0 Å². The lowest BCUT2D eigenvalue weighted by Gasteiger charge is -2.00. The fraction of sp³-hybridized carbons (Fsp3) is 0.235. The third kappa shape index (κ3) is 9.34. The monoisotopic (exact) mass is 246 g/mol. The van der Waals surface area contributed by atoms with Crippen molar-refractivity contribution in [2.75, 3.05) is 0 Å². The molecule has 0 spiro atoms. The van der Waals surface area contributed by atoms with E-state index in [0.29, 0.717) is 11.1 Å². The predicted molar refractivity (Wildman–Crippen MR) is 84.7 cm³/mol. The Bertz CT molecular complexity index is 328. The maximum atomic E-state index is 11.7. The molecule has 0 saturated carbocycles. The summed E-state index contributed by atoms with van der Waals surface area (Å²) in [6.45, 7) is 20.9. The summed E-state index contributed by atoms with van der Waals surface area (Å²) in [4.78, 5) is 11.7. The fourth-order valence-electron chi connectivity index (χ4n) is 0.945.